The van der Waals surface area contributed by atoms with E-state index in [2.05, 4.69) is 79.9 Å². The molecule has 0 aromatic carbocycles. The highest BCUT2D eigenvalue weighted by Gasteiger charge is 2.54. The van der Waals surface area contributed by atoms with E-state index in [1.807, 2.05) is 6.08 Å². The Balaban J connectivity index is 1.35. The van der Waals surface area contributed by atoms with Crippen molar-refractivity contribution in [3.63, 3.8) is 0 Å². The lowest BCUT2D eigenvalue weighted by molar-refractivity contribution is -0.379. The molecule has 19 heteroatoms. The van der Waals surface area contributed by atoms with E-state index in [1.54, 1.807) is 6.08 Å². The molecule has 3 fully saturated rings. The van der Waals surface area contributed by atoms with Crippen molar-refractivity contribution in [3.05, 3.63) is 72.9 Å². The second-order valence-corrected chi connectivity index (χ2v) is 28.9. The standard InChI is InChI=1S/C82H147NO18/c1-3-5-7-9-11-13-15-17-19-21-23-25-26-27-28-29-30-31-32-33-34-35-36-37-38-40-42-44-46-48-50-52-54-56-58-60-70(88)83-65(66(87)59-57-55-53-51-49-47-45-43-41-39-24-22-20-18-16-14-12-10-8-6-4-2)64-96-80-76(94)73(91)78(68(62-85)98-80)101-82-77(95)74(92)79(69(63-86)99-82)100-81-75(93)72(90)71(89)67(61-84)97-81/h5,7,11,13,17,19,23,25,27-28,57,59,65-69,71-82,84-87,89-95H,3-4,6,8-10,12,14-16,18,20-22,24,26,29-56,58,60-64H2,1-2H3,(H,83,88)/b7-5-,13-11-,19-17-,25-23-,28-27-,59-57+. The Morgan fingerprint density at radius 3 is 1.07 bits per heavy atom. The first-order chi connectivity index (χ1) is 49.3. The zero-order valence-electron chi connectivity index (χ0n) is 62.9. The molecule has 0 aromatic heterocycles. The van der Waals surface area contributed by atoms with Crippen LogP contribution >= 0.6 is 0 Å². The van der Waals surface area contributed by atoms with Crippen LogP contribution in [-0.2, 0) is 33.2 Å². The van der Waals surface area contributed by atoms with Crippen LogP contribution in [0.5, 0.6) is 0 Å². The lowest BCUT2D eigenvalue weighted by Crippen LogP contribution is -2.66. The number of nitrogens with one attached hydrogen (secondary N) is 1. The van der Waals surface area contributed by atoms with Gasteiger partial charge in [0.15, 0.2) is 18.9 Å². The molecule has 17 atom stereocenters. The van der Waals surface area contributed by atoms with Crippen LogP contribution < -0.4 is 5.32 Å². The number of allylic oxidation sites excluding steroid dienone is 11. The molecule has 0 saturated carbocycles. The van der Waals surface area contributed by atoms with Crippen LogP contribution in [-0.4, -0.2) is 193 Å². The third-order valence-corrected chi connectivity index (χ3v) is 20.0. The summed E-state index contributed by atoms with van der Waals surface area (Å²) in [5.74, 6) is -0.272. The van der Waals surface area contributed by atoms with E-state index in [1.165, 1.54) is 205 Å². The maximum Gasteiger partial charge on any atom is 0.220 e. The summed E-state index contributed by atoms with van der Waals surface area (Å²) in [4.78, 5) is 13.5. The van der Waals surface area contributed by atoms with Crippen molar-refractivity contribution in [2.75, 3.05) is 26.4 Å². The van der Waals surface area contributed by atoms with Crippen molar-refractivity contribution in [2.45, 2.75) is 413 Å². The zero-order chi connectivity index (χ0) is 73.2. The first kappa shape index (κ1) is 92.4. The number of amides is 1. The van der Waals surface area contributed by atoms with Crippen molar-refractivity contribution in [2.24, 2.45) is 0 Å². The van der Waals surface area contributed by atoms with Crippen molar-refractivity contribution < 1.29 is 89.4 Å². The number of hydrogen-bond donors (Lipinski definition) is 12. The molecule has 17 unspecified atom stereocenters. The van der Waals surface area contributed by atoms with Gasteiger partial charge in [0.05, 0.1) is 38.6 Å². The smallest absolute Gasteiger partial charge is 0.220 e. The average Bonchev–Trinajstić information content (AvgIpc) is 0.782. The summed E-state index contributed by atoms with van der Waals surface area (Å²) in [5.41, 5.74) is 0. The topological polar surface area (TPSA) is 307 Å². The van der Waals surface area contributed by atoms with Crippen LogP contribution in [0.3, 0.4) is 0 Å². The predicted octanol–water partition coefficient (Wildman–Crippen LogP) is 13.6. The summed E-state index contributed by atoms with van der Waals surface area (Å²) in [6, 6.07) is -0.976. The summed E-state index contributed by atoms with van der Waals surface area (Å²) in [5, 5.41) is 121. The molecule has 3 saturated heterocycles. The lowest BCUT2D eigenvalue weighted by atomic mass is 9.96. The summed E-state index contributed by atoms with van der Waals surface area (Å²) in [6.07, 6.45) is 54.6. The molecule has 3 heterocycles. The highest BCUT2D eigenvalue weighted by atomic mass is 16.8. The largest absolute Gasteiger partial charge is 0.394 e. The molecule has 3 rings (SSSR count). The van der Waals surface area contributed by atoms with Crippen LogP contribution in [0.4, 0.5) is 0 Å². The van der Waals surface area contributed by atoms with Gasteiger partial charge in [-0.1, -0.05) is 311 Å². The summed E-state index contributed by atoms with van der Waals surface area (Å²) >= 11 is 0. The second kappa shape index (κ2) is 62.3. The number of ether oxygens (including phenoxy) is 6. The maximum atomic E-state index is 13.5. The molecule has 3 aliphatic rings. The molecule has 19 nitrogen and oxygen atoms in total. The molecule has 3 aliphatic heterocycles. The zero-order valence-corrected chi connectivity index (χ0v) is 62.9. The molecule has 588 valence electrons. The van der Waals surface area contributed by atoms with E-state index >= 15 is 0 Å². The molecule has 0 aliphatic carbocycles. The van der Waals surface area contributed by atoms with Gasteiger partial charge in [0.2, 0.25) is 5.91 Å². The van der Waals surface area contributed by atoms with E-state index < -0.39 is 124 Å². The minimum Gasteiger partial charge on any atom is -0.394 e. The summed E-state index contributed by atoms with van der Waals surface area (Å²) < 4.78 is 34.5. The van der Waals surface area contributed by atoms with Crippen LogP contribution in [0, 0.1) is 0 Å². The molecular formula is C82H147NO18. The van der Waals surface area contributed by atoms with Gasteiger partial charge in [-0.3, -0.25) is 4.79 Å². The first-order valence-corrected chi connectivity index (χ1v) is 40.7. The number of aliphatic hydroxyl groups excluding tert-OH is 11. The normalized spacial score (nSPS) is 26.7. The van der Waals surface area contributed by atoms with E-state index in [-0.39, 0.29) is 18.9 Å². The number of carbonyl (C=O) groups excluding carboxylic acids is 1. The fraction of sp³-hybridized carbons (Fsp3) is 0.841. The number of hydrogen-bond acceptors (Lipinski definition) is 18. The number of rotatable bonds is 64. The number of aliphatic hydroxyl groups is 11. The van der Waals surface area contributed by atoms with Crippen molar-refractivity contribution in [1.29, 1.82) is 0 Å². The monoisotopic (exact) mass is 1430 g/mol. The number of carbonyl (C=O) groups is 1. The third-order valence-electron chi connectivity index (χ3n) is 20.0. The Morgan fingerprint density at radius 1 is 0.366 bits per heavy atom. The van der Waals surface area contributed by atoms with Gasteiger partial charge in [0, 0.05) is 6.42 Å². The van der Waals surface area contributed by atoms with Crippen LogP contribution in [0.25, 0.3) is 0 Å². The summed E-state index contributed by atoms with van der Waals surface area (Å²) in [7, 11) is 0. The van der Waals surface area contributed by atoms with Gasteiger partial charge in [0.25, 0.3) is 0 Å². The van der Waals surface area contributed by atoms with Crippen molar-refractivity contribution in [3.8, 4) is 0 Å². The van der Waals surface area contributed by atoms with E-state index in [0.717, 1.165) is 77.0 Å². The Hall–Kier alpha value is -2.77. The minimum atomic E-state index is -1.98. The average molecular weight is 1440 g/mol. The van der Waals surface area contributed by atoms with E-state index in [9.17, 15) is 61.0 Å². The van der Waals surface area contributed by atoms with Gasteiger partial charge < -0.3 is 89.9 Å². The molecule has 0 aromatic rings. The lowest BCUT2D eigenvalue weighted by Gasteiger charge is -2.48. The molecule has 0 radical (unpaired) electrons. The Morgan fingerprint density at radius 2 is 0.683 bits per heavy atom. The highest BCUT2D eigenvalue weighted by Crippen LogP contribution is 2.33. The molecule has 101 heavy (non-hydrogen) atoms. The quantitative estimate of drug-likeness (QED) is 0.0199. The van der Waals surface area contributed by atoms with Gasteiger partial charge in [-0.05, 0) is 64.2 Å². The van der Waals surface area contributed by atoms with Crippen LogP contribution in [0.15, 0.2) is 72.9 Å². The summed E-state index contributed by atoms with van der Waals surface area (Å²) in [6.45, 7) is 1.66. The Labute approximate surface area is 610 Å². The van der Waals surface area contributed by atoms with Gasteiger partial charge >= 0.3 is 0 Å². The maximum absolute atomic E-state index is 13.5. The fourth-order valence-corrected chi connectivity index (χ4v) is 13.5. The second-order valence-electron chi connectivity index (χ2n) is 28.9. The van der Waals surface area contributed by atoms with Gasteiger partial charge in [-0.25, -0.2) is 0 Å². The predicted molar refractivity (Wildman–Crippen MR) is 401 cm³/mol. The van der Waals surface area contributed by atoms with Gasteiger partial charge in [0.1, 0.15) is 73.2 Å². The fourth-order valence-electron chi connectivity index (χ4n) is 13.5. The number of unbranched alkanes of at least 4 members (excludes halogenated alkanes) is 38. The van der Waals surface area contributed by atoms with Crippen LogP contribution in [0.1, 0.15) is 309 Å². The van der Waals surface area contributed by atoms with Gasteiger partial charge in [-0.15, -0.1) is 0 Å². The van der Waals surface area contributed by atoms with E-state index in [4.69, 9.17) is 28.4 Å². The molecular weight excluding hydrogens is 1290 g/mol. The molecule has 12 N–H and O–H groups in total. The minimum absolute atomic E-state index is 0.244. The Bertz CT molecular complexity index is 2110. The molecule has 0 spiro atoms. The van der Waals surface area contributed by atoms with Crippen molar-refractivity contribution >= 4 is 5.91 Å². The van der Waals surface area contributed by atoms with Crippen molar-refractivity contribution in [1.82, 2.24) is 5.32 Å². The molecule has 1 amide bonds. The Kier molecular flexibility index (Phi) is 57.0. The SMILES string of the molecule is CC/C=C\C/C=C\C/C=C\C/C=C\C/C=C\CCCCCCCCCCCCCCCCCCCCCC(=O)NC(COC1OC(CO)C(OC2OC(CO)C(OC3OC(CO)C(O)C(O)C3O)C(O)C2O)C(O)C1O)C(O)/C=C/CCCCCCCCCCCCCCCCCCCCC. The van der Waals surface area contributed by atoms with Gasteiger partial charge in [-0.2, -0.15) is 0 Å². The molecule has 0 bridgehead atoms. The first-order valence-electron chi connectivity index (χ1n) is 40.7. The van der Waals surface area contributed by atoms with E-state index in [0.29, 0.717) is 6.42 Å². The van der Waals surface area contributed by atoms with Crippen LogP contribution in [0.2, 0.25) is 0 Å². The highest BCUT2D eigenvalue weighted by molar-refractivity contribution is 5.76. The third kappa shape index (κ3) is 42.4.